The van der Waals surface area contributed by atoms with Crippen molar-refractivity contribution in [2.75, 3.05) is 31.5 Å². The van der Waals surface area contributed by atoms with Gasteiger partial charge in [0.05, 0.1) is 5.69 Å². The van der Waals surface area contributed by atoms with E-state index in [1.807, 2.05) is 0 Å². The zero-order valence-corrected chi connectivity index (χ0v) is 13.7. The number of aromatic nitrogens is 2. The first-order chi connectivity index (χ1) is 11.2. The van der Waals surface area contributed by atoms with Crippen molar-refractivity contribution < 1.29 is 0 Å². The van der Waals surface area contributed by atoms with Gasteiger partial charge in [0, 0.05) is 25.7 Å². The van der Waals surface area contributed by atoms with Crippen molar-refractivity contribution in [3.05, 3.63) is 57.5 Å². The average molecular weight is 333 g/mol. The van der Waals surface area contributed by atoms with Gasteiger partial charge < -0.3 is 10.2 Å². The summed E-state index contributed by atoms with van der Waals surface area (Å²) in [5.74, 6) is 0.570. The Kier molecular flexibility index (Phi) is 5.31. The van der Waals surface area contributed by atoms with E-state index in [0.29, 0.717) is 16.8 Å². The Hall–Kier alpha value is -1.85. The third-order valence-electron chi connectivity index (χ3n) is 4.27. The summed E-state index contributed by atoms with van der Waals surface area (Å²) in [5.41, 5.74) is 1.75. The molecule has 1 fully saturated rings. The minimum atomic E-state index is -0.243. The van der Waals surface area contributed by atoms with Gasteiger partial charge in [0.25, 0.3) is 5.56 Å². The van der Waals surface area contributed by atoms with Gasteiger partial charge in [-0.25, -0.2) is 5.10 Å². The molecule has 6 heteroatoms. The third kappa shape index (κ3) is 4.56. The molecule has 1 aliphatic rings. The Morgan fingerprint density at radius 3 is 3.00 bits per heavy atom. The molecule has 3 rings (SSSR count). The minimum absolute atomic E-state index is 0.243. The fraction of sp³-hybridized carbons (Fsp3) is 0.412. The largest absolute Gasteiger partial charge is 0.382 e. The van der Waals surface area contributed by atoms with Crippen molar-refractivity contribution in [3.63, 3.8) is 0 Å². The van der Waals surface area contributed by atoms with Gasteiger partial charge in [-0.05, 0) is 30.9 Å². The first kappa shape index (κ1) is 16.0. The molecule has 0 aliphatic carbocycles. The number of H-pyrrole nitrogens is 1. The number of nitrogens with zero attached hydrogens (tertiary/aromatic N) is 2. The lowest BCUT2D eigenvalue weighted by molar-refractivity contribution is 0.330. The molecular weight excluding hydrogens is 312 g/mol. The van der Waals surface area contributed by atoms with Gasteiger partial charge in [0.1, 0.15) is 0 Å². The maximum atomic E-state index is 11.3. The van der Waals surface area contributed by atoms with Crippen molar-refractivity contribution in [2.45, 2.75) is 12.8 Å². The van der Waals surface area contributed by atoms with E-state index in [4.69, 9.17) is 11.6 Å². The molecule has 2 aromatic rings. The second-order valence-corrected chi connectivity index (χ2v) is 6.37. The van der Waals surface area contributed by atoms with Gasteiger partial charge in [-0.1, -0.05) is 41.9 Å². The molecule has 2 N–H and O–H groups in total. The topological polar surface area (TPSA) is 61.0 Å². The van der Waals surface area contributed by atoms with Gasteiger partial charge in [0.15, 0.2) is 5.15 Å². The first-order valence-electron chi connectivity index (χ1n) is 7.96. The molecule has 23 heavy (non-hydrogen) atoms. The number of rotatable bonds is 6. The first-order valence-corrected chi connectivity index (χ1v) is 8.34. The molecule has 1 aromatic heterocycles. The third-order valence-corrected chi connectivity index (χ3v) is 4.56. The van der Waals surface area contributed by atoms with Crippen LogP contribution in [0.15, 0.2) is 41.2 Å². The SMILES string of the molecule is O=c1cc(NCC2CCN(CCc3ccccc3)C2)c(Cl)n[nH]1. The normalized spacial score (nSPS) is 18.2. The molecule has 0 radical (unpaired) electrons. The van der Waals surface area contributed by atoms with Crippen molar-refractivity contribution >= 4 is 17.3 Å². The molecule has 5 nitrogen and oxygen atoms in total. The Balaban J connectivity index is 1.45. The Labute approximate surface area is 140 Å². The average Bonchev–Trinajstić information content (AvgIpc) is 3.03. The van der Waals surface area contributed by atoms with Crippen LogP contribution in [0.2, 0.25) is 5.15 Å². The summed E-state index contributed by atoms with van der Waals surface area (Å²) in [6, 6.07) is 12.0. The highest BCUT2D eigenvalue weighted by molar-refractivity contribution is 6.31. The number of anilines is 1. The number of aromatic amines is 1. The highest BCUT2D eigenvalue weighted by atomic mass is 35.5. The molecule has 1 atom stereocenters. The number of nitrogens with one attached hydrogen (secondary N) is 2. The number of benzene rings is 1. The zero-order chi connectivity index (χ0) is 16.1. The molecule has 1 unspecified atom stereocenters. The van der Waals surface area contributed by atoms with Gasteiger partial charge in [0.2, 0.25) is 0 Å². The highest BCUT2D eigenvalue weighted by Crippen LogP contribution is 2.20. The van der Waals surface area contributed by atoms with Crippen molar-refractivity contribution in [1.29, 1.82) is 0 Å². The number of hydrogen-bond acceptors (Lipinski definition) is 4. The lowest BCUT2D eigenvalue weighted by Gasteiger charge is -2.16. The molecule has 1 aliphatic heterocycles. The molecule has 122 valence electrons. The van der Waals surface area contributed by atoms with Crippen LogP contribution in [0.3, 0.4) is 0 Å². The number of hydrogen-bond donors (Lipinski definition) is 2. The van der Waals surface area contributed by atoms with Crippen molar-refractivity contribution in [3.8, 4) is 0 Å². The number of likely N-dealkylation sites (tertiary alicyclic amines) is 1. The van der Waals surface area contributed by atoms with Crippen LogP contribution < -0.4 is 10.9 Å². The van der Waals surface area contributed by atoms with Crippen LogP contribution in [-0.4, -0.2) is 41.3 Å². The van der Waals surface area contributed by atoms with Crippen LogP contribution in [0, 0.1) is 5.92 Å². The molecule has 0 spiro atoms. The molecule has 0 saturated carbocycles. The van der Waals surface area contributed by atoms with E-state index < -0.39 is 0 Å². The van der Waals surface area contributed by atoms with E-state index in [2.05, 4.69) is 50.7 Å². The summed E-state index contributed by atoms with van der Waals surface area (Å²) in [7, 11) is 0. The van der Waals surface area contributed by atoms with Crippen LogP contribution in [0.1, 0.15) is 12.0 Å². The van der Waals surface area contributed by atoms with E-state index >= 15 is 0 Å². The van der Waals surface area contributed by atoms with E-state index in [9.17, 15) is 4.79 Å². The Bertz CT molecular complexity index is 688. The lowest BCUT2D eigenvalue weighted by Crippen LogP contribution is -2.25. The van der Waals surface area contributed by atoms with Crippen molar-refractivity contribution in [1.82, 2.24) is 15.1 Å². The Morgan fingerprint density at radius 1 is 1.35 bits per heavy atom. The summed E-state index contributed by atoms with van der Waals surface area (Å²) in [6.07, 6.45) is 2.25. The lowest BCUT2D eigenvalue weighted by atomic mass is 10.1. The van der Waals surface area contributed by atoms with E-state index in [1.165, 1.54) is 11.6 Å². The monoisotopic (exact) mass is 332 g/mol. The minimum Gasteiger partial charge on any atom is -0.382 e. The molecule has 2 heterocycles. The summed E-state index contributed by atoms with van der Waals surface area (Å²) < 4.78 is 0. The molecule has 0 amide bonds. The van der Waals surface area contributed by atoms with Crippen LogP contribution in [-0.2, 0) is 6.42 Å². The second kappa shape index (κ2) is 7.62. The summed E-state index contributed by atoms with van der Waals surface area (Å²) >= 11 is 5.97. The second-order valence-electron chi connectivity index (χ2n) is 6.01. The molecular formula is C17H21ClN4O. The van der Waals surface area contributed by atoms with E-state index in [1.54, 1.807) is 0 Å². The highest BCUT2D eigenvalue weighted by Gasteiger charge is 2.22. The molecule has 0 bridgehead atoms. The predicted octanol–water partition coefficient (Wildman–Crippen LogP) is 2.40. The number of halogens is 1. The van der Waals surface area contributed by atoms with Gasteiger partial charge in [-0.3, -0.25) is 4.79 Å². The van der Waals surface area contributed by atoms with Gasteiger partial charge >= 0.3 is 0 Å². The van der Waals surface area contributed by atoms with Gasteiger partial charge in [-0.15, -0.1) is 0 Å². The molecule has 1 aromatic carbocycles. The fourth-order valence-corrected chi connectivity index (χ4v) is 3.14. The van der Waals surface area contributed by atoms with Crippen LogP contribution in [0.4, 0.5) is 5.69 Å². The van der Waals surface area contributed by atoms with Crippen molar-refractivity contribution in [2.24, 2.45) is 5.92 Å². The summed E-state index contributed by atoms with van der Waals surface area (Å²) in [5, 5.41) is 9.64. The van der Waals surface area contributed by atoms with E-state index in [-0.39, 0.29) is 5.56 Å². The van der Waals surface area contributed by atoms with E-state index in [0.717, 1.165) is 39.0 Å². The zero-order valence-electron chi connectivity index (χ0n) is 13.0. The molecule has 1 saturated heterocycles. The quantitative estimate of drug-likeness (QED) is 0.852. The summed E-state index contributed by atoms with van der Waals surface area (Å²) in [6.45, 7) is 4.11. The fourth-order valence-electron chi connectivity index (χ4n) is 2.98. The summed E-state index contributed by atoms with van der Waals surface area (Å²) in [4.78, 5) is 13.8. The van der Waals surface area contributed by atoms with Crippen LogP contribution in [0.5, 0.6) is 0 Å². The van der Waals surface area contributed by atoms with Crippen LogP contribution in [0.25, 0.3) is 0 Å². The van der Waals surface area contributed by atoms with Gasteiger partial charge in [-0.2, -0.15) is 5.10 Å². The smallest absolute Gasteiger partial charge is 0.266 e. The standard InChI is InChI=1S/C17H21ClN4O/c18-17-15(10-16(23)20-21-17)19-11-14-7-9-22(12-14)8-6-13-4-2-1-3-5-13/h1-5,10,14H,6-9,11-12H2,(H2,19,20,23). The van der Waals surface area contributed by atoms with Crippen LogP contribution >= 0.6 is 11.6 Å². The maximum absolute atomic E-state index is 11.3. The Morgan fingerprint density at radius 2 is 2.17 bits per heavy atom. The maximum Gasteiger partial charge on any atom is 0.266 e. The predicted molar refractivity (Wildman–Crippen MR) is 93.1 cm³/mol.